The monoisotopic (exact) mass is 352 g/mol. The number of pyridine rings is 1. The summed E-state index contributed by atoms with van der Waals surface area (Å²) in [5.41, 5.74) is 7.18. The highest BCUT2D eigenvalue weighted by Gasteiger charge is 2.31. The van der Waals surface area contributed by atoms with Gasteiger partial charge in [0.05, 0.1) is 17.1 Å². The van der Waals surface area contributed by atoms with Crippen molar-refractivity contribution in [2.45, 2.75) is 25.8 Å². The lowest BCUT2D eigenvalue weighted by Gasteiger charge is -2.19. The number of aromatic nitrogens is 2. The first kappa shape index (κ1) is 16.4. The number of imidazole rings is 1. The maximum atomic E-state index is 11.7. The first-order valence-electron chi connectivity index (χ1n) is 8.69. The number of carbonyl (C=O) groups excluding carboxylic acids is 2. The van der Waals surface area contributed by atoms with E-state index in [0.717, 1.165) is 17.3 Å². The van der Waals surface area contributed by atoms with Crippen LogP contribution in [0.3, 0.4) is 0 Å². The average molecular weight is 352 g/mol. The van der Waals surface area contributed by atoms with E-state index in [1.807, 2.05) is 22.6 Å². The third kappa shape index (κ3) is 2.65. The molecule has 0 spiro atoms. The zero-order valence-electron chi connectivity index (χ0n) is 14.4. The minimum absolute atomic E-state index is 0.00549. The number of rotatable bonds is 5. The number of primary amides is 1. The largest absolute Gasteiger partial charge is 0.489 e. The van der Waals surface area contributed by atoms with Crippen molar-refractivity contribution in [2.24, 2.45) is 11.7 Å². The Morgan fingerprint density at radius 3 is 3.08 bits per heavy atom. The van der Waals surface area contributed by atoms with Gasteiger partial charge in [-0.3, -0.25) is 14.0 Å². The number of nitrogens with zero attached hydrogens (tertiary/aromatic N) is 2. The Balaban J connectivity index is 1.73. The lowest BCUT2D eigenvalue weighted by Crippen LogP contribution is -2.34. The smallest absolute Gasteiger partial charge is 0.252 e. The summed E-state index contributed by atoms with van der Waals surface area (Å²) in [6.07, 6.45) is 4.88. The standard InChI is InChI=1S/C19H20N4O3/c1-2-11-9-16(24)22-14(11)10-26-15-5-3-4-12-8-13(18(20)25)19-21-6-7-23(19)17(12)15/h3-8,11,14H,2,9-10H2,1H3,(H2,20,25)(H,22,24)/t11-,14-/m1/s1. The average Bonchev–Trinajstić information content (AvgIpc) is 3.25. The number of amides is 2. The summed E-state index contributed by atoms with van der Waals surface area (Å²) in [6.45, 7) is 2.48. The fourth-order valence-corrected chi connectivity index (χ4v) is 3.66. The number of fused-ring (bicyclic) bond motifs is 3. The predicted molar refractivity (Wildman–Crippen MR) is 97.0 cm³/mol. The summed E-state index contributed by atoms with van der Waals surface area (Å²) in [7, 11) is 0. The molecule has 134 valence electrons. The van der Waals surface area contributed by atoms with E-state index in [4.69, 9.17) is 10.5 Å². The Morgan fingerprint density at radius 2 is 2.31 bits per heavy atom. The van der Waals surface area contributed by atoms with Gasteiger partial charge in [0.1, 0.15) is 18.0 Å². The van der Waals surface area contributed by atoms with Gasteiger partial charge in [-0.2, -0.15) is 0 Å². The van der Waals surface area contributed by atoms with Crippen LogP contribution in [0.15, 0.2) is 36.7 Å². The molecule has 0 bridgehead atoms. The van der Waals surface area contributed by atoms with Gasteiger partial charge in [-0.25, -0.2) is 4.98 Å². The van der Waals surface area contributed by atoms with Crippen LogP contribution in [-0.2, 0) is 4.79 Å². The van der Waals surface area contributed by atoms with Crippen molar-refractivity contribution in [3.63, 3.8) is 0 Å². The van der Waals surface area contributed by atoms with Crippen LogP contribution in [0.25, 0.3) is 16.6 Å². The van der Waals surface area contributed by atoms with Crippen molar-refractivity contribution in [3.05, 3.63) is 42.2 Å². The van der Waals surface area contributed by atoms with Crippen LogP contribution in [0.1, 0.15) is 30.1 Å². The highest BCUT2D eigenvalue weighted by Crippen LogP contribution is 2.29. The van der Waals surface area contributed by atoms with Gasteiger partial charge in [0.15, 0.2) is 0 Å². The molecule has 3 aromatic rings. The van der Waals surface area contributed by atoms with E-state index in [1.54, 1.807) is 18.5 Å². The van der Waals surface area contributed by atoms with Crippen molar-refractivity contribution in [1.29, 1.82) is 0 Å². The van der Waals surface area contributed by atoms with Gasteiger partial charge in [-0.1, -0.05) is 25.5 Å². The summed E-state index contributed by atoms with van der Waals surface area (Å²) < 4.78 is 7.90. The Hall–Kier alpha value is -3.09. The van der Waals surface area contributed by atoms with Gasteiger partial charge < -0.3 is 15.8 Å². The van der Waals surface area contributed by atoms with Crippen molar-refractivity contribution in [2.75, 3.05) is 6.61 Å². The molecular formula is C19H20N4O3. The first-order valence-corrected chi connectivity index (χ1v) is 8.69. The Kier molecular flexibility index (Phi) is 3.99. The van der Waals surface area contributed by atoms with Crippen molar-refractivity contribution in [3.8, 4) is 5.75 Å². The van der Waals surface area contributed by atoms with Gasteiger partial charge in [-0.15, -0.1) is 0 Å². The molecule has 1 aromatic carbocycles. The lowest BCUT2D eigenvalue weighted by molar-refractivity contribution is -0.119. The van der Waals surface area contributed by atoms with Crippen LogP contribution in [0.5, 0.6) is 5.75 Å². The quantitative estimate of drug-likeness (QED) is 0.732. The number of ether oxygens (including phenoxy) is 1. The summed E-state index contributed by atoms with van der Waals surface area (Å²) >= 11 is 0. The third-order valence-corrected chi connectivity index (χ3v) is 5.02. The van der Waals surface area contributed by atoms with Crippen molar-refractivity contribution in [1.82, 2.24) is 14.7 Å². The van der Waals surface area contributed by atoms with Crippen LogP contribution >= 0.6 is 0 Å². The molecule has 2 amide bonds. The zero-order chi connectivity index (χ0) is 18.3. The van der Waals surface area contributed by atoms with Gasteiger partial charge >= 0.3 is 0 Å². The van der Waals surface area contributed by atoms with E-state index < -0.39 is 5.91 Å². The number of nitrogens with two attached hydrogens (primary N) is 1. The van der Waals surface area contributed by atoms with Crippen LogP contribution < -0.4 is 15.8 Å². The number of hydrogen-bond acceptors (Lipinski definition) is 4. The SMILES string of the molecule is CC[C@@H]1CC(=O)N[C@@H]1COc1cccc2cc(C(N)=O)c3nccn3c12. The van der Waals surface area contributed by atoms with E-state index >= 15 is 0 Å². The number of para-hydroxylation sites is 1. The van der Waals surface area contributed by atoms with E-state index in [9.17, 15) is 9.59 Å². The lowest BCUT2D eigenvalue weighted by atomic mass is 9.98. The second-order valence-corrected chi connectivity index (χ2v) is 6.59. The Labute approximate surface area is 150 Å². The van der Waals surface area contributed by atoms with Crippen LogP contribution in [-0.4, -0.2) is 33.8 Å². The van der Waals surface area contributed by atoms with Gasteiger partial charge in [-0.05, 0) is 18.1 Å². The number of hydrogen-bond donors (Lipinski definition) is 2. The molecule has 26 heavy (non-hydrogen) atoms. The predicted octanol–water partition coefficient (Wildman–Crippen LogP) is 1.88. The number of carbonyl (C=O) groups is 2. The second kappa shape index (κ2) is 6.33. The first-order chi connectivity index (χ1) is 12.6. The van der Waals surface area contributed by atoms with Gasteiger partial charge in [0, 0.05) is 24.2 Å². The van der Waals surface area contributed by atoms with E-state index in [-0.39, 0.29) is 17.9 Å². The maximum absolute atomic E-state index is 11.7. The molecule has 7 nitrogen and oxygen atoms in total. The van der Waals surface area contributed by atoms with Crippen LogP contribution in [0.2, 0.25) is 0 Å². The van der Waals surface area contributed by atoms with Gasteiger partial charge in [0.25, 0.3) is 5.91 Å². The molecule has 4 rings (SSSR count). The molecule has 7 heteroatoms. The second-order valence-electron chi connectivity index (χ2n) is 6.59. The molecule has 1 saturated heterocycles. The van der Waals surface area contributed by atoms with Crippen LogP contribution in [0.4, 0.5) is 0 Å². The molecule has 2 aromatic heterocycles. The van der Waals surface area contributed by atoms with Gasteiger partial charge in [0.2, 0.25) is 5.91 Å². The maximum Gasteiger partial charge on any atom is 0.252 e. The highest BCUT2D eigenvalue weighted by molar-refractivity contribution is 6.03. The summed E-state index contributed by atoms with van der Waals surface area (Å²) in [4.78, 5) is 27.7. The normalized spacial score (nSPS) is 19.8. The molecule has 1 fully saturated rings. The highest BCUT2D eigenvalue weighted by atomic mass is 16.5. The molecule has 0 aliphatic carbocycles. The topological polar surface area (TPSA) is 98.7 Å². The fourth-order valence-electron chi connectivity index (χ4n) is 3.66. The summed E-state index contributed by atoms with van der Waals surface area (Å²) in [6, 6.07) is 7.39. The van der Waals surface area contributed by atoms with Crippen LogP contribution in [0, 0.1) is 5.92 Å². The minimum Gasteiger partial charge on any atom is -0.489 e. The molecule has 0 saturated carbocycles. The number of benzene rings is 1. The summed E-state index contributed by atoms with van der Waals surface area (Å²) in [5.74, 6) is 0.519. The fraction of sp³-hybridized carbons (Fsp3) is 0.316. The molecule has 3 heterocycles. The van der Waals surface area contributed by atoms with E-state index in [2.05, 4.69) is 17.2 Å². The molecular weight excluding hydrogens is 332 g/mol. The molecule has 1 aliphatic heterocycles. The zero-order valence-corrected chi connectivity index (χ0v) is 14.4. The Morgan fingerprint density at radius 1 is 1.46 bits per heavy atom. The molecule has 3 N–H and O–H groups in total. The number of nitrogens with one attached hydrogen (secondary N) is 1. The summed E-state index contributed by atoms with van der Waals surface area (Å²) in [5, 5.41) is 3.82. The third-order valence-electron chi connectivity index (χ3n) is 5.02. The molecule has 0 radical (unpaired) electrons. The van der Waals surface area contributed by atoms with Crippen molar-refractivity contribution >= 4 is 28.4 Å². The van der Waals surface area contributed by atoms with E-state index in [1.165, 1.54) is 0 Å². The minimum atomic E-state index is -0.520. The molecule has 0 unspecified atom stereocenters. The molecule has 1 aliphatic rings. The van der Waals surface area contributed by atoms with Crippen molar-refractivity contribution < 1.29 is 14.3 Å². The van der Waals surface area contributed by atoms with E-state index in [0.29, 0.717) is 30.0 Å². The Bertz CT molecular complexity index is 1010. The molecule has 2 atom stereocenters.